The van der Waals surface area contributed by atoms with Gasteiger partial charge >= 0.3 is 5.97 Å². The quantitative estimate of drug-likeness (QED) is 0.574. The van der Waals surface area contributed by atoms with Gasteiger partial charge < -0.3 is 9.64 Å². The summed E-state index contributed by atoms with van der Waals surface area (Å²) in [7, 11) is 0. The average Bonchev–Trinajstić information content (AvgIpc) is 3.12. The van der Waals surface area contributed by atoms with Crippen molar-refractivity contribution in [2.45, 2.75) is 6.54 Å². The zero-order valence-corrected chi connectivity index (χ0v) is 13.8. The van der Waals surface area contributed by atoms with Gasteiger partial charge in [0.25, 0.3) is 5.91 Å². The van der Waals surface area contributed by atoms with Crippen LogP contribution in [0.3, 0.4) is 0 Å². The van der Waals surface area contributed by atoms with Crippen molar-refractivity contribution >= 4 is 23.2 Å². The Bertz CT molecular complexity index is 746. The van der Waals surface area contributed by atoms with Crippen LogP contribution in [0.4, 0.5) is 0 Å². The Balaban J connectivity index is 1.92. The van der Waals surface area contributed by atoms with Crippen LogP contribution < -0.4 is 0 Å². The van der Waals surface area contributed by atoms with Gasteiger partial charge in [0.05, 0.1) is 23.7 Å². The molecule has 122 valence electrons. The molecule has 5 nitrogen and oxygen atoms in total. The summed E-state index contributed by atoms with van der Waals surface area (Å²) in [6.45, 7) is 4.15. The molecule has 1 aromatic carbocycles. The number of hydrogen-bond donors (Lipinski definition) is 0. The summed E-state index contributed by atoms with van der Waals surface area (Å²) in [5, 5.41) is 10.7. The van der Waals surface area contributed by atoms with Crippen molar-refractivity contribution in [2.24, 2.45) is 0 Å². The zero-order chi connectivity index (χ0) is 17.4. The van der Waals surface area contributed by atoms with Crippen LogP contribution in [0, 0.1) is 11.3 Å². The number of carbonyl (C=O) groups is 2. The summed E-state index contributed by atoms with van der Waals surface area (Å²) in [6, 6.07) is 11.9. The molecule has 0 unspecified atom stereocenters. The fraction of sp³-hybridized carbons (Fsp3) is 0.167. The first-order valence-electron chi connectivity index (χ1n) is 7.22. The van der Waals surface area contributed by atoms with E-state index < -0.39 is 5.97 Å². The SMILES string of the molecule is C=CCN(Cc1cccs1)C(=O)COC(=O)c1ccc(C#N)cc1. The molecule has 0 radical (unpaired) electrons. The smallest absolute Gasteiger partial charge is 0.338 e. The van der Waals surface area contributed by atoms with Crippen molar-refractivity contribution < 1.29 is 14.3 Å². The lowest BCUT2D eigenvalue weighted by Crippen LogP contribution is -2.34. The first-order valence-corrected chi connectivity index (χ1v) is 8.10. The van der Waals surface area contributed by atoms with E-state index in [2.05, 4.69) is 6.58 Å². The maximum absolute atomic E-state index is 12.3. The summed E-state index contributed by atoms with van der Waals surface area (Å²) in [5.41, 5.74) is 0.756. The molecule has 0 N–H and O–H groups in total. The molecular formula is C18H16N2O3S. The van der Waals surface area contributed by atoms with Gasteiger partial charge in [0, 0.05) is 11.4 Å². The van der Waals surface area contributed by atoms with Crippen molar-refractivity contribution in [1.82, 2.24) is 4.90 Å². The molecule has 2 rings (SSSR count). The standard InChI is InChI=1S/C18H16N2O3S/c1-2-9-20(12-16-4-3-10-24-16)17(21)13-23-18(22)15-7-5-14(11-19)6-8-15/h2-8,10H,1,9,12-13H2. The monoisotopic (exact) mass is 340 g/mol. The highest BCUT2D eigenvalue weighted by Crippen LogP contribution is 2.12. The van der Waals surface area contributed by atoms with Crippen LogP contribution in [-0.2, 0) is 16.1 Å². The van der Waals surface area contributed by atoms with Crippen molar-refractivity contribution in [2.75, 3.05) is 13.2 Å². The van der Waals surface area contributed by atoms with Crippen molar-refractivity contribution in [1.29, 1.82) is 5.26 Å². The third kappa shape index (κ3) is 4.80. The average molecular weight is 340 g/mol. The van der Waals surface area contributed by atoms with E-state index in [0.29, 0.717) is 24.2 Å². The molecule has 24 heavy (non-hydrogen) atoms. The van der Waals surface area contributed by atoms with E-state index in [1.807, 2.05) is 23.6 Å². The van der Waals surface area contributed by atoms with Crippen LogP contribution in [0.15, 0.2) is 54.4 Å². The van der Waals surface area contributed by atoms with Crippen LogP contribution in [0.1, 0.15) is 20.8 Å². The van der Waals surface area contributed by atoms with Gasteiger partial charge in [0.1, 0.15) is 0 Å². The third-order valence-corrected chi connectivity index (χ3v) is 4.07. The summed E-state index contributed by atoms with van der Waals surface area (Å²) in [6.07, 6.45) is 1.63. The number of nitrogens with zero attached hydrogens (tertiary/aromatic N) is 2. The number of benzene rings is 1. The van der Waals surface area contributed by atoms with E-state index in [1.54, 1.807) is 22.3 Å². The van der Waals surface area contributed by atoms with Gasteiger partial charge in [-0.3, -0.25) is 4.79 Å². The number of rotatable bonds is 7. The fourth-order valence-corrected chi connectivity index (χ4v) is 2.70. The second-order valence-electron chi connectivity index (χ2n) is 4.91. The molecule has 0 bridgehead atoms. The molecule has 1 heterocycles. The van der Waals surface area contributed by atoms with Gasteiger partial charge in [-0.2, -0.15) is 5.26 Å². The molecule has 6 heteroatoms. The molecule has 0 atom stereocenters. The van der Waals surface area contributed by atoms with Gasteiger partial charge in [-0.1, -0.05) is 12.1 Å². The summed E-state index contributed by atoms with van der Waals surface area (Å²) >= 11 is 1.56. The van der Waals surface area contributed by atoms with E-state index in [1.165, 1.54) is 24.3 Å². The highest BCUT2D eigenvalue weighted by Gasteiger charge is 2.16. The molecular weight excluding hydrogens is 324 g/mol. The topological polar surface area (TPSA) is 70.4 Å². The summed E-state index contributed by atoms with van der Waals surface area (Å²) in [4.78, 5) is 26.8. The minimum atomic E-state index is -0.595. The Morgan fingerprint density at radius 1 is 1.29 bits per heavy atom. The van der Waals surface area contributed by atoms with Crippen LogP contribution in [0.2, 0.25) is 0 Å². The Morgan fingerprint density at radius 2 is 2.04 bits per heavy atom. The van der Waals surface area contributed by atoms with E-state index in [9.17, 15) is 9.59 Å². The Labute approximate surface area is 144 Å². The van der Waals surface area contributed by atoms with Gasteiger partial charge in [-0.05, 0) is 35.7 Å². The van der Waals surface area contributed by atoms with E-state index in [-0.39, 0.29) is 12.5 Å². The molecule has 0 saturated carbocycles. The number of nitriles is 1. The highest BCUT2D eigenvalue weighted by molar-refractivity contribution is 7.09. The van der Waals surface area contributed by atoms with Crippen LogP contribution in [0.5, 0.6) is 0 Å². The molecule has 2 aromatic rings. The minimum Gasteiger partial charge on any atom is -0.452 e. The van der Waals surface area contributed by atoms with Gasteiger partial charge in [-0.15, -0.1) is 17.9 Å². The third-order valence-electron chi connectivity index (χ3n) is 3.21. The number of thiophene rings is 1. The normalized spacial score (nSPS) is 9.79. The lowest BCUT2D eigenvalue weighted by Gasteiger charge is -2.20. The van der Waals surface area contributed by atoms with Crippen molar-refractivity contribution in [3.63, 3.8) is 0 Å². The van der Waals surface area contributed by atoms with Crippen molar-refractivity contribution in [3.05, 3.63) is 70.4 Å². The number of carbonyl (C=O) groups excluding carboxylic acids is 2. The van der Waals surface area contributed by atoms with Crippen LogP contribution >= 0.6 is 11.3 Å². The number of amides is 1. The minimum absolute atomic E-state index is 0.287. The lowest BCUT2D eigenvalue weighted by molar-refractivity contribution is -0.134. The Hall–Kier alpha value is -2.91. The maximum Gasteiger partial charge on any atom is 0.338 e. The zero-order valence-electron chi connectivity index (χ0n) is 13.0. The number of hydrogen-bond acceptors (Lipinski definition) is 5. The molecule has 0 spiro atoms. The highest BCUT2D eigenvalue weighted by atomic mass is 32.1. The van der Waals surface area contributed by atoms with Gasteiger partial charge in [0.15, 0.2) is 6.61 Å². The molecule has 0 aliphatic heterocycles. The fourth-order valence-electron chi connectivity index (χ4n) is 1.98. The number of esters is 1. The molecule has 1 aromatic heterocycles. The number of ether oxygens (including phenoxy) is 1. The van der Waals surface area contributed by atoms with E-state index in [0.717, 1.165) is 4.88 Å². The van der Waals surface area contributed by atoms with Gasteiger partial charge in [0.2, 0.25) is 0 Å². The molecule has 0 aliphatic carbocycles. The summed E-state index contributed by atoms with van der Waals surface area (Å²) < 4.78 is 5.07. The molecule has 0 aliphatic rings. The predicted octanol–water partition coefficient (Wildman–Crippen LogP) is 2.99. The maximum atomic E-state index is 12.3. The molecule has 0 fully saturated rings. The first-order chi connectivity index (χ1) is 11.6. The molecule has 0 saturated heterocycles. The largest absolute Gasteiger partial charge is 0.452 e. The second kappa shape index (κ2) is 8.65. The second-order valence-corrected chi connectivity index (χ2v) is 5.94. The van der Waals surface area contributed by atoms with E-state index in [4.69, 9.17) is 10.00 Å². The predicted molar refractivity (Wildman–Crippen MR) is 91.4 cm³/mol. The van der Waals surface area contributed by atoms with Gasteiger partial charge in [-0.25, -0.2) is 4.79 Å². The summed E-state index contributed by atoms with van der Waals surface area (Å²) in [5.74, 6) is -0.882. The Kier molecular flexibility index (Phi) is 6.29. The molecule has 1 amide bonds. The lowest BCUT2D eigenvalue weighted by atomic mass is 10.1. The van der Waals surface area contributed by atoms with Crippen LogP contribution in [-0.4, -0.2) is 29.9 Å². The van der Waals surface area contributed by atoms with E-state index >= 15 is 0 Å². The van der Waals surface area contributed by atoms with Crippen molar-refractivity contribution in [3.8, 4) is 6.07 Å². The van der Waals surface area contributed by atoms with Crippen LogP contribution in [0.25, 0.3) is 0 Å². The Morgan fingerprint density at radius 3 is 2.62 bits per heavy atom. The first kappa shape index (κ1) is 17.4.